The molecule has 0 radical (unpaired) electrons. The summed E-state index contributed by atoms with van der Waals surface area (Å²) in [6, 6.07) is 1.76. The Morgan fingerprint density at radius 1 is 1.50 bits per heavy atom. The number of nitrogens with one attached hydrogen (secondary N) is 2. The SMILES string of the molecule is CCCNc1ncc(Cl)c(Oc2cc(C)[nH]n2)n1. The fourth-order valence-electron chi connectivity index (χ4n) is 1.29. The Morgan fingerprint density at radius 3 is 3.00 bits per heavy atom. The van der Waals surface area contributed by atoms with Gasteiger partial charge in [-0.15, -0.1) is 5.10 Å². The number of anilines is 1. The van der Waals surface area contributed by atoms with Crippen molar-refractivity contribution >= 4 is 17.5 Å². The van der Waals surface area contributed by atoms with E-state index in [1.54, 1.807) is 6.07 Å². The molecule has 0 bridgehead atoms. The van der Waals surface area contributed by atoms with Crippen LogP contribution in [0.4, 0.5) is 5.95 Å². The van der Waals surface area contributed by atoms with Crippen LogP contribution in [0.25, 0.3) is 0 Å². The Morgan fingerprint density at radius 2 is 2.33 bits per heavy atom. The Labute approximate surface area is 110 Å². The van der Waals surface area contributed by atoms with E-state index in [1.165, 1.54) is 6.20 Å². The quantitative estimate of drug-likeness (QED) is 0.871. The summed E-state index contributed by atoms with van der Waals surface area (Å²) in [5, 5.41) is 10.1. The molecule has 2 heterocycles. The molecule has 2 aromatic rings. The minimum Gasteiger partial charge on any atom is -0.417 e. The van der Waals surface area contributed by atoms with Crippen LogP contribution in [0.3, 0.4) is 0 Å². The fourth-order valence-corrected chi connectivity index (χ4v) is 1.42. The van der Waals surface area contributed by atoms with E-state index in [4.69, 9.17) is 16.3 Å². The lowest BCUT2D eigenvalue weighted by Gasteiger charge is -2.06. The van der Waals surface area contributed by atoms with Crippen molar-refractivity contribution in [2.75, 3.05) is 11.9 Å². The van der Waals surface area contributed by atoms with Crippen LogP contribution in [0.1, 0.15) is 19.0 Å². The van der Waals surface area contributed by atoms with Crippen molar-refractivity contribution in [3.05, 3.63) is 23.0 Å². The molecular formula is C11H14ClN5O. The molecule has 0 atom stereocenters. The molecule has 0 aliphatic rings. The lowest BCUT2D eigenvalue weighted by molar-refractivity contribution is 0.443. The molecule has 96 valence electrons. The predicted octanol–water partition coefficient (Wildman–Crippen LogP) is 2.78. The first-order chi connectivity index (χ1) is 8.69. The molecule has 0 spiro atoms. The molecule has 6 nitrogen and oxygen atoms in total. The number of hydrogen-bond donors (Lipinski definition) is 2. The maximum Gasteiger partial charge on any atom is 0.245 e. The van der Waals surface area contributed by atoms with Crippen LogP contribution in [0.5, 0.6) is 11.8 Å². The third-order valence-electron chi connectivity index (χ3n) is 2.13. The number of aryl methyl sites for hydroxylation is 1. The van der Waals surface area contributed by atoms with Gasteiger partial charge in [0, 0.05) is 18.3 Å². The van der Waals surface area contributed by atoms with Crippen LogP contribution in [-0.4, -0.2) is 26.7 Å². The number of nitrogens with zero attached hydrogens (tertiary/aromatic N) is 3. The standard InChI is InChI=1S/C11H14ClN5O/c1-3-4-13-11-14-6-8(12)10(15-11)18-9-5-7(2)16-17-9/h5-6H,3-4H2,1-2H3,(H,16,17)(H,13,14,15). The van der Waals surface area contributed by atoms with Gasteiger partial charge < -0.3 is 10.1 Å². The molecular weight excluding hydrogens is 254 g/mol. The van der Waals surface area contributed by atoms with Crippen LogP contribution >= 0.6 is 11.6 Å². The summed E-state index contributed by atoms with van der Waals surface area (Å²) in [6.07, 6.45) is 2.49. The van der Waals surface area contributed by atoms with Crippen LogP contribution in [0.2, 0.25) is 5.02 Å². The molecule has 0 aliphatic heterocycles. The molecule has 2 rings (SSSR count). The largest absolute Gasteiger partial charge is 0.417 e. The summed E-state index contributed by atoms with van der Waals surface area (Å²) < 4.78 is 5.49. The molecule has 0 aromatic carbocycles. The van der Waals surface area contributed by atoms with Crippen LogP contribution in [0, 0.1) is 6.92 Å². The molecule has 7 heteroatoms. The summed E-state index contributed by atoms with van der Waals surface area (Å²) in [5.74, 6) is 1.20. The van der Waals surface area contributed by atoms with E-state index in [0.717, 1.165) is 18.7 Å². The van der Waals surface area contributed by atoms with E-state index in [1.807, 2.05) is 6.92 Å². The van der Waals surface area contributed by atoms with E-state index in [-0.39, 0.29) is 5.88 Å². The third-order valence-corrected chi connectivity index (χ3v) is 2.39. The van der Waals surface area contributed by atoms with E-state index in [0.29, 0.717) is 16.9 Å². The highest BCUT2D eigenvalue weighted by Crippen LogP contribution is 2.26. The smallest absolute Gasteiger partial charge is 0.245 e. The molecule has 18 heavy (non-hydrogen) atoms. The Balaban J connectivity index is 2.15. The fraction of sp³-hybridized carbons (Fsp3) is 0.364. The first-order valence-electron chi connectivity index (χ1n) is 5.65. The van der Waals surface area contributed by atoms with Crippen LogP contribution in [0.15, 0.2) is 12.3 Å². The van der Waals surface area contributed by atoms with Gasteiger partial charge in [0.25, 0.3) is 0 Å². The van der Waals surface area contributed by atoms with Gasteiger partial charge in [-0.1, -0.05) is 18.5 Å². The monoisotopic (exact) mass is 267 g/mol. The van der Waals surface area contributed by atoms with Crippen molar-refractivity contribution in [1.82, 2.24) is 20.2 Å². The summed E-state index contributed by atoms with van der Waals surface area (Å²) in [5.41, 5.74) is 0.902. The highest BCUT2D eigenvalue weighted by atomic mass is 35.5. The first kappa shape index (κ1) is 12.6. The summed E-state index contributed by atoms with van der Waals surface area (Å²) >= 11 is 5.97. The molecule has 2 N–H and O–H groups in total. The highest BCUT2D eigenvalue weighted by molar-refractivity contribution is 6.31. The second-order valence-corrected chi connectivity index (χ2v) is 4.17. The zero-order valence-corrected chi connectivity index (χ0v) is 11.0. The van der Waals surface area contributed by atoms with Gasteiger partial charge in [-0.05, 0) is 13.3 Å². The van der Waals surface area contributed by atoms with Gasteiger partial charge in [0.1, 0.15) is 5.02 Å². The normalized spacial score (nSPS) is 10.4. The zero-order chi connectivity index (χ0) is 13.0. The van der Waals surface area contributed by atoms with Gasteiger partial charge in [-0.3, -0.25) is 5.10 Å². The predicted molar refractivity (Wildman–Crippen MR) is 69.2 cm³/mol. The first-order valence-corrected chi connectivity index (χ1v) is 6.03. The maximum absolute atomic E-state index is 5.97. The van der Waals surface area contributed by atoms with Gasteiger partial charge >= 0.3 is 0 Å². The summed E-state index contributed by atoms with van der Waals surface area (Å²) in [7, 11) is 0. The topological polar surface area (TPSA) is 75.7 Å². The average molecular weight is 268 g/mol. The van der Waals surface area contributed by atoms with E-state index in [2.05, 4.69) is 32.4 Å². The second kappa shape index (κ2) is 5.68. The van der Waals surface area contributed by atoms with Crippen molar-refractivity contribution in [2.45, 2.75) is 20.3 Å². The Kier molecular flexibility index (Phi) is 3.99. The lowest BCUT2D eigenvalue weighted by atomic mass is 10.5. The average Bonchev–Trinajstić information content (AvgIpc) is 2.76. The number of aromatic amines is 1. The number of aromatic nitrogens is 4. The number of ether oxygens (including phenoxy) is 1. The minimum absolute atomic E-state index is 0.289. The molecule has 0 amide bonds. The third kappa shape index (κ3) is 3.10. The minimum atomic E-state index is 0.289. The summed E-state index contributed by atoms with van der Waals surface area (Å²) in [4.78, 5) is 8.24. The second-order valence-electron chi connectivity index (χ2n) is 3.76. The Hall–Kier alpha value is -1.82. The van der Waals surface area contributed by atoms with Gasteiger partial charge in [-0.25, -0.2) is 4.98 Å². The van der Waals surface area contributed by atoms with Gasteiger partial charge in [-0.2, -0.15) is 4.98 Å². The highest BCUT2D eigenvalue weighted by Gasteiger charge is 2.09. The molecule has 0 unspecified atom stereocenters. The van der Waals surface area contributed by atoms with E-state index < -0.39 is 0 Å². The van der Waals surface area contributed by atoms with Gasteiger partial charge in [0.15, 0.2) is 0 Å². The Bertz CT molecular complexity index is 528. The van der Waals surface area contributed by atoms with Gasteiger partial charge in [0.05, 0.1) is 6.20 Å². The maximum atomic E-state index is 5.97. The number of rotatable bonds is 5. The van der Waals surface area contributed by atoms with Crippen molar-refractivity contribution < 1.29 is 4.74 Å². The molecule has 0 fully saturated rings. The van der Waals surface area contributed by atoms with Crippen molar-refractivity contribution in [2.24, 2.45) is 0 Å². The van der Waals surface area contributed by atoms with Crippen molar-refractivity contribution in [3.8, 4) is 11.8 Å². The number of halogens is 1. The van der Waals surface area contributed by atoms with Gasteiger partial charge in [0.2, 0.25) is 17.7 Å². The van der Waals surface area contributed by atoms with Crippen molar-refractivity contribution in [3.63, 3.8) is 0 Å². The zero-order valence-electron chi connectivity index (χ0n) is 10.2. The van der Waals surface area contributed by atoms with Crippen LogP contribution in [-0.2, 0) is 0 Å². The van der Waals surface area contributed by atoms with E-state index in [9.17, 15) is 0 Å². The van der Waals surface area contributed by atoms with E-state index >= 15 is 0 Å². The van der Waals surface area contributed by atoms with Crippen molar-refractivity contribution in [1.29, 1.82) is 0 Å². The number of H-pyrrole nitrogens is 1. The summed E-state index contributed by atoms with van der Waals surface area (Å²) in [6.45, 7) is 4.74. The molecule has 0 aliphatic carbocycles. The molecule has 2 aromatic heterocycles. The molecule has 0 saturated carbocycles. The van der Waals surface area contributed by atoms with Crippen LogP contribution < -0.4 is 10.1 Å². The lowest BCUT2D eigenvalue weighted by Crippen LogP contribution is -2.04. The number of hydrogen-bond acceptors (Lipinski definition) is 5. The molecule has 0 saturated heterocycles.